The third kappa shape index (κ3) is 1.55. The van der Waals surface area contributed by atoms with Gasteiger partial charge >= 0.3 is 0 Å². The van der Waals surface area contributed by atoms with Gasteiger partial charge in [0.25, 0.3) is 0 Å². The minimum atomic E-state index is 0.415. The van der Waals surface area contributed by atoms with Crippen LogP contribution in [0.1, 0.15) is 18.2 Å². The van der Waals surface area contributed by atoms with E-state index in [0.29, 0.717) is 5.92 Å². The molecule has 0 radical (unpaired) electrons. The third-order valence-corrected chi connectivity index (χ3v) is 3.02. The first kappa shape index (κ1) is 9.66. The lowest BCUT2D eigenvalue weighted by molar-refractivity contribution is 0.413. The van der Waals surface area contributed by atoms with Crippen LogP contribution in [-0.4, -0.2) is 25.2 Å². The zero-order valence-corrected chi connectivity index (χ0v) is 9.19. The topological polar surface area (TPSA) is 47.3 Å². The van der Waals surface area contributed by atoms with Crippen LogP contribution in [0.2, 0.25) is 0 Å². The highest BCUT2D eigenvalue weighted by molar-refractivity contribution is 5.74. The Kier molecular flexibility index (Phi) is 2.29. The standard InChI is InChI=1S/C12H14N2O2/c1-15-9-2-3-10-11(6-9)16-12(14-10)8-4-5-13-7-8/h2-3,6,8,13H,4-5,7H2,1H3. The van der Waals surface area contributed by atoms with E-state index in [1.54, 1.807) is 7.11 Å². The summed E-state index contributed by atoms with van der Waals surface area (Å²) in [5.74, 6) is 2.06. The van der Waals surface area contributed by atoms with Crippen LogP contribution in [0, 0.1) is 0 Å². The van der Waals surface area contributed by atoms with Gasteiger partial charge in [0.1, 0.15) is 11.3 Å². The number of nitrogens with one attached hydrogen (secondary N) is 1. The normalized spacial score (nSPS) is 20.4. The van der Waals surface area contributed by atoms with E-state index in [1.165, 1.54) is 0 Å². The number of oxazole rings is 1. The fraction of sp³-hybridized carbons (Fsp3) is 0.417. The van der Waals surface area contributed by atoms with Crippen molar-refractivity contribution in [2.45, 2.75) is 12.3 Å². The largest absolute Gasteiger partial charge is 0.497 e. The van der Waals surface area contributed by atoms with Gasteiger partial charge in [0.15, 0.2) is 11.5 Å². The molecule has 1 aromatic heterocycles. The number of methoxy groups -OCH3 is 1. The lowest BCUT2D eigenvalue weighted by Crippen LogP contribution is -2.07. The molecule has 2 aromatic rings. The maximum Gasteiger partial charge on any atom is 0.199 e. The molecule has 2 heterocycles. The van der Waals surface area contributed by atoms with Crippen molar-refractivity contribution in [1.82, 2.24) is 10.3 Å². The highest BCUT2D eigenvalue weighted by Gasteiger charge is 2.21. The van der Waals surface area contributed by atoms with Gasteiger partial charge in [-0.2, -0.15) is 0 Å². The molecule has 0 saturated carbocycles. The van der Waals surface area contributed by atoms with E-state index in [2.05, 4.69) is 10.3 Å². The first-order valence-electron chi connectivity index (χ1n) is 5.52. The Balaban J connectivity index is 2.01. The van der Waals surface area contributed by atoms with Gasteiger partial charge in [-0.25, -0.2) is 4.98 Å². The Morgan fingerprint density at radius 2 is 2.44 bits per heavy atom. The van der Waals surface area contributed by atoms with E-state index in [1.807, 2.05) is 18.2 Å². The summed E-state index contributed by atoms with van der Waals surface area (Å²) >= 11 is 0. The molecule has 1 fully saturated rings. The number of benzene rings is 1. The zero-order chi connectivity index (χ0) is 11.0. The number of rotatable bonds is 2. The Hall–Kier alpha value is -1.55. The zero-order valence-electron chi connectivity index (χ0n) is 9.19. The molecule has 0 spiro atoms. The lowest BCUT2D eigenvalue weighted by Gasteiger charge is -1.99. The van der Waals surface area contributed by atoms with Gasteiger partial charge in [-0.3, -0.25) is 0 Å². The van der Waals surface area contributed by atoms with Gasteiger partial charge < -0.3 is 14.5 Å². The summed E-state index contributed by atoms with van der Waals surface area (Å²) in [4.78, 5) is 4.51. The van der Waals surface area contributed by atoms with Crippen molar-refractivity contribution in [3.63, 3.8) is 0 Å². The van der Waals surface area contributed by atoms with Crippen LogP contribution in [-0.2, 0) is 0 Å². The number of fused-ring (bicyclic) bond motifs is 1. The smallest absolute Gasteiger partial charge is 0.199 e. The number of nitrogens with zero attached hydrogens (tertiary/aromatic N) is 1. The minimum absolute atomic E-state index is 0.415. The molecule has 84 valence electrons. The molecule has 1 aliphatic heterocycles. The van der Waals surface area contributed by atoms with Gasteiger partial charge in [-0.15, -0.1) is 0 Å². The second kappa shape index (κ2) is 3.79. The van der Waals surface area contributed by atoms with E-state index >= 15 is 0 Å². The minimum Gasteiger partial charge on any atom is -0.497 e. The second-order valence-corrected chi connectivity index (χ2v) is 4.08. The molecule has 3 rings (SSSR count). The molecule has 1 aliphatic rings. The predicted octanol–water partition coefficient (Wildman–Crippen LogP) is 1.91. The number of aromatic nitrogens is 1. The summed E-state index contributed by atoms with van der Waals surface area (Å²) in [6, 6.07) is 5.72. The Bertz CT molecular complexity index is 501. The van der Waals surface area contributed by atoms with Crippen LogP contribution in [0.4, 0.5) is 0 Å². The summed E-state index contributed by atoms with van der Waals surface area (Å²) in [7, 11) is 1.65. The fourth-order valence-corrected chi connectivity index (χ4v) is 2.09. The summed E-state index contributed by atoms with van der Waals surface area (Å²) in [5, 5.41) is 3.31. The summed E-state index contributed by atoms with van der Waals surface area (Å²) in [6.45, 7) is 2.01. The second-order valence-electron chi connectivity index (χ2n) is 4.08. The first-order valence-corrected chi connectivity index (χ1v) is 5.52. The monoisotopic (exact) mass is 218 g/mol. The molecule has 0 bridgehead atoms. The van der Waals surface area contributed by atoms with Crippen molar-refractivity contribution >= 4 is 11.1 Å². The van der Waals surface area contributed by atoms with Gasteiger partial charge in [0.2, 0.25) is 0 Å². The maximum absolute atomic E-state index is 5.76. The molecule has 16 heavy (non-hydrogen) atoms. The van der Waals surface area contributed by atoms with Gasteiger partial charge in [0.05, 0.1) is 7.11 Å². The number of hydrogen-bond donors (Lipinski definition) is 1. The molecule has 1 N–H and O–H groups in total. The number of hydrogen-bond acceptors (Lipinski definition) is 4. The van der Waals surface area contributed by atoms with E-state index in [0.717, 1.165) is 42.3 Å². The predicted molar refractivity (Wildman–Crippen MR) is 60.8 cm³/mol. The average Bonchev–Trinajstić information content (AvgIpc) is 2.96. The van der Waals surface area contributed by atoms with E-state index in [-0.39, 0.29) is 0 Å². The molecule has 4 heteroatoms. The molecule has 1 saturated heterocycles. The quantitative estimate of drug-likeness (QED) is 0.836. The fourth-order valence-electron chi connectivity index (χ4n) is 2.09. The molecule has 1 atom stereocenters. The van der Waals surface area contributed by atoms with Crippen molar-refractivity contribution in [1.29, 1.82) is 0 Å². The van der Waals surface area contributed by atoms with Crippen molar-refractivity contribution < 1.29 is 9.15 Å². The van der Waals surface area contributed by atoms with Crippen LogP contribution in [0.25, 0.3) is 11.1 Å². The Morgan fingerprint density at radius 1 is 1.50 bits per heavy atom. The average molecular weight is 218 g/mol. The molecule has 1 aromatic carbocycles. The number of ether oxygens (including phenoxy) is 1. The SMILES string of the molecule is COc1ccc2nc(C3CCNC3)oc2c1. The van der Waals surface area contributed by atoms with Gasteiger partial charge in [-0.05, 0) is 25.1 Å². The van der Waals surface area contributed by atoms with Crippen LogP contribution in [0.5, 0.6) is 5.75 Å². The summed E-state index contributed by atoms with van der Waals surface area (Å²) in [5.41, 5.74) is 1.71. The van der Waals surface area contributed by atoms with Gasteiger partial charge in [0, 0.05) is 18.5 Å². The molecule has 0 amide bonds. The Labute approximate surface area is 93.6 Å². The third-order valence-electron chi connectivity index (χ3n) is 3.02. The van der Waals surface area contributed by atoms with E-state index < -0.39 is 0 Å². The van der Waals surface area contributed by atoms with Crippen molar-refractivity contribution in [2.24, 2.45) is 0 Å². The van der Waals surface area contributed by atoms with E-state index in [9.17, 15) is 0 Å². The van der Waals surface area contributed by atoms with Crippen molar-refractivity contribution in [2.75, 3.05) is 20.2 Å². The van der Waals surface area contributed by atoms with Crippen molar-refractivity contribution in [3.8, 4) is 5.75 Å². The molecular weight excluding hydrogens is 204 g/mol. The first-order chi connectivity index (χ1) is 7.86. The molecular formula is C12H14N2O2. The molecule has 0 aliphatic carbocycles. The molecule has 4 nitrogen and oxygen atoms in total. The lowest BCUT2D eigenvalue weighted by atomic mass is 10.1. The van der Waals surface area contributed by atoms with Crippen LogP contribution < -0.4 is 10.1 Å². The van der Waals surface area contributed by atoms with Crippen LogP contribution in [0.3, 0.4) is 0 Å². The van der Waals surface area contributed by atoms with Crippen molar-refractivity contribution in [3.05, 3.63) is 24.1 Å². The summed E-state index contributed by atoms with van der Waals surface area (Å²) in [6.07, 6.45) is 1.10. The maximum atomic E-state index is 5.76. The highest BCUT2D eigenvalue weighted by atomic mass is 16.5. The van der Waals surface area contributed by atoms with Crippen LogP contribution >= 0.6 is 0 Å². The summed E-state index contributed by atoms with van der Waals surface area (Å²) < 4.78 is 10.9. The van der Waals surface area contributed by atoms with Crippen LogP contribution in [0.15, 0.2) is 22.6 Å². The Morgan fingerprint density at radius 3 is 3.19 bits per heavy atom. The molecule has 1 unspecified atom stereocenters. The van der Waals surface area contributed by atoms with Gasteiger partial charge in [-0.1, -0.05) is 0 Å². The highest BCUT2D eigenvalue weighted by Crippen LogP contribution is 2.27. The van der Waals surface area contributed by atoms with E-state index in [4.69, 9.17) is 9.15 Å².